The topological polar surface area (TPSA) is 72.4 Å². The third kappa shape index (κ3) is 8.40. The minimum atomic E-state index is -0.844. The van der Waals surface area contributed by atoms with Crippen molar-refractivity contribution in [2.24, 2.45) is 10.9 Å². The van der Waals surface area contributed by atoms with Crippen LogP contribution in [0.5, 0.6) is 0 Å². The highest BCUT2D eigenvalue weighted by molar-refractivity contribution is 5.79. The predicted octanol–water partition coefficient (Wildman–Crippen LogP) is 1.53. The van der Waals surface area contributed by atoms with Gasteiger partial charge in [0.1, 0.15) is 0 Å². The lowest BCUT2D eigenvalue weighted by Crippen LogP contribution is -2.50. The molecule has 170 valence electrons. The number of rotatable bonds is 11. The zero-order valence-corrected chi connectivity index (χ0v) is 19.3. The van der Waals surface area contributed by atoms with E-state index in [-0.39, 0.29) is 0 Å². The molecule has 2 aliphatic rings. The van der Waals surface area contributed by atoms with Crippen molar-refractivity contribution in [3.8, 4) is 0 Å². The van der Waals surface area contributed by atoms with Crippen LogP contribution in [0.4, 0.5) is 0 Å². The molecule has 3 N–H and O–H groups in total. The summed E-state index contributed by atoms with van der Waals surface area (Å²) >= 11 is 0. The second-order valence-corrected chi connectivity index (χ2v) is 8.85. The van der Waals surface area contributed by atoms with Crippen LogP contribution in [-0.4, -0.2) is 98.1 Å². The van der Waals surface area contributed by atoms with E-state index in [2.05, 4.69) is 41.2 Å². The molecule has 2 saturated heterocycles. The Hall–Kier alpha value is -0.890. The van der Waals surface area contributed by atoms with Gasteiger partial charge in [-0.3, -0.25) is 14.8 Å². The first-order chi connectivity index (χ1) is 14.0. The Balaban J connectivity index is 1.93. The van der Waals surface area contributed by atoms with E-state index in [0.717, 1.165) is 45.4 Å². The van der Waals surface area contributed by atoms with Gasteiger partial charge >= 0.3 is 0 Å². The molecule has 7 nitrogen and oxygen atoms in total. The van der Waals surface area contributed by atoms with Gasteiger partial charge in [-0.25, -0.2) is 0 Å². The maximum atomic E-state index is 10.8. The van der Waals surface area contributed by atoms with Crippen molar-refractivity contribution < 1.29 is 9.84 Å². The number of morpholine rings is 1. The van der Waals surface area contributed by atoms with Crippen LogP contribution in [-0.2, 0) is 4.74 Å². The lowest BCUT2D eigenvalue weighted by molar-refractivity contribution is -0.0180. The summed E-state index contributed by atoms with van der Waals surface area (Å²) in [6, 6.07) is 0.546. The summed E-state index contributed by atoms with van der Waals surface area (Å²) in [5.41, 5.74) is -0.844. The van der Waals surface area contributed by atoms with E-state index in [9.17, 15) is 5.11 Å². The van der Waals surface area contributed by atoms with Crippen molar-refractivity contribution in [3.63, 3.8) is 0 Å². The Labute approximate surface area is 178 Å². The smallest absolute Gasteiger partial charge is 0.191 e. The number of nitrogens with zero attached hydrogens (tertiary/aromatic N) is 3. The molecule has 0 aliphatic carbocycles. The van der Waals surface area contributed by atoms with E-state index < -0.39 is 5.60 Å². The molecule has 0 radical (unpaired) electrons. The number of likely N-dealkylation sites (tertiary alicyclic amines) is 1. The first kappa shape index (κ1) is 24.4. The SMILES string of the molecule is CCNC(=NCC(C)(O)CN1CCOCC1)NCC(C(CC)CC)N1CCCC1. The maximum absolute atomic E-state index is 10.8. The van der Waals surface area contributed by atoms with Gasteiger partial charge in [-0.2, -0.15) is 0 Å². The van der Waals surface area contributed by atoms with Gasteiger partial charge in [0.15, 0.2) is 5.96 Å². The summed E-state index contributed by atoms with van der Waals surface area (Å²) in [5.74, 6) is 1.51. The lowest BCUT2D eigenvalue weighted by atomic mass is 9.93. The molecule has 0 aromatic carbocycles. The molecule has 2 aliphatic heterocycles. The van der Waals surface area contributed by atoms with E-state index >= 15 is 0 Å². The predicted molar refractivity (Wildman–Crippen MR) is 121 cm³/mol. The summed E-state index contributed by atoms with van der Waals surface area (Å²) in [5, 5.41) is 17.8. The molecule has 0 spiro atoms. The molecule has 0 saturated carbocycles. The Morgan fingerprint density at radius 2 is 1.72 bits per heavy atom. The third-order valence-corrected chi connectivity index (χ3v) is 6.27. The van der Waals surface area contributed by atoms with Crippen molar-refractivity contribution >= 4 is 5.96 Å². The summed E-state index contributed by atoms with van der Waals surface area (Å²) in [6.45, 7) is 17.0. The van der Waals surface area contributed by atoms with Gasteiger partial charge in [0.05, 0.1) is 25.4 Å². The van der Waals surface area contributed by atoms with E-state index in [0.29, 0.717) is 25.0 Å². The fraction of sp³-hybridized carbons (Fsp3) is 0.955. The monoisotopic (exact) mass is 411 g/mol. The molecule has 2 unspecified atom stereocenters. The van der Waals surface area contributed by atoms with Crippen LogP contribution in [0.25, 0.3) is 0 Å². The number of guanidine groups is 1. The summed E-state index contributed by atoms with van der Waals surface area (Å²) in [6.07, 6.45) is 5.05. The van der Waals surface area contributed by atoms with Crippen LogP contribution in [0.15, 0.2) is 4.99 Å². The number of hydrogen-bond donors (Lipinski definition) is 3. The second kappa shape index (κ2) is 12.7. The van der Waals surface area contributed by atoms with Gasteiger partial charge in [-0.05, 0) is 45.7 Å². The first-order valence-electron chi connectivity index (χ1n) is 11.8. The molecule has 0 amide bonds. The zero-order chi connectivity index (χ0) is 21.1. The fourth-order valence-corrected chi connectivity index (χ4v) is 4.58. The van der Waals surface area contributed by atoms with Crippen LogP contribution in [0, 0.1) is 5.92 Å². The molecule has 7 heteroatoms. The number of β-amino-alcohol motifs (C(OH)–C–C–N with tert-alkyl or cyclic N) is 1. The number of aliphatic imine (C=N–C) groups is 1. The van der Waals surface area contributed by atoms with E-state index in [1.807, 2.05) is 6.92 Å². The minimum absolute atomic E-state index is 0.388. The van der Waals surface area contributed by atoms with Gasteiger partial charge in [-0.15, -0.1) is 0 Å². The molecule has 0 aromatic heterocycles. The summed E-state index contributed by atoms with van der Waals surface area (Å²) in [7, 11) is 0. The Kier molecular flexibility index (Phi) is 10.7. The molecule has 0 bridgehead atoms. The molecule has 0 aromatic rings. The number of ether oxygens (including phenoxy) is 1. The number of aliphatic hydroxyl groups is 1. The summed E-state index contributed by atoms with van der Waals surface area (Å²) in [4.78, 5) is 9.64. The average molecular weight is 412 g/mol. The molecule has 2 fully saturated rings. The second-order valence-electron chi connectivity index (χ2n) is 8.85. The first-order valence-corrected chi connectivity index (χ1v) is 11.8. The lowest BCUT2D eigenvalue weighted by Gasteiger charge is -2.34. The van der Waals surface area contributed by atoms with Crippen molar-refractivity contribution in [1.29, 1.82) is 0 Å². The summed E-state index contributed by atoms with van der Waals surface area (Å²) < 4.78 is 5.40. The van der Waals surface area contributed by atoms with Gasteiger partial charge < -0.3 is 20.5 Å². The largest absolute Gasteiger partial charge is 0.387 e. The molecular formula is C22H45N5O2. The number of nitrogens with one attached hydrogen (secondary N) is 2. The Bertz CT molecular complexity index is 468. The molecule has 2 atom stereocenters. The van der Waals surface area contributed by atoms with Crippen LogP contribution in [0.3, 0.4) is 0 Å². The van der Waals surface area contributed by atoms with Crippen molar-refractivity contribution in [1.82, 2.24) is 20.4 Å². The quantitative estimate of drug-likeness (QED) is 0.354. The normalized spacial score (nSPS) is 22.6. The van der Waals surface area contributed by atoms with Crippen molar-refractivity contribution in [3.05, 3.63) is 0 Å². The van der Waals surface area contributed by atoms with Crippen molar-refractivity contribution in [2.75, 3.05) is 65.6 Å². The van der Waals surface area contributed by atoms with Crippen LogP contribution in [0.1, 0.15) is 53.4 Å². The maximum Gasteiger partial charge on any atom is 0.191 e. The third-order valence-electron chi connectivity index (χ3n) is 6.27. The standard InChI is InChI=1S/C22H45N5O2/c1-5-19(6-2)20(27-10-8-9-11-27)16-24-21(23-7-3)25-17-22(4,28)18-26-12-14-29-15-13-26/h19-20,28H,5-18H2,1-4H3,(H2,23,24,25). The Morgan fingerprint density at radius 3 is 2.31 bits per heavy atom. The average Bonchev–Trinajstić information content (AvgIpc) is 3.24. The highest BCUT2D eigenvalue weighted by Gasteiger charge is 2.28. The minimum Gasteiger partial charge on any atom is -0.387 e. The highest BCUT2D eigenvalue weighted by atomic mass is 16.5. The van der Waals surface area contributed by atoms with Gasteiger partial charge in [-0.1, -0.05) is 26.7 Å². The number of hydrogen-bond acceptors (Lipinski definition) is 5. The van der Waals surface area contributed by atoms with Crippen LogP contribution in [0.2, 0.25) is 0 Å². The van der Waals surface area contributed by atoms with Gasteiger partial charge in [0, 0.05) is 38.8 Å². The van der Waals surface area contributed by atoms with Gasteiger partial charge in [0.2, 0.25) is 0 Å². The zero-order valence-electron chi connectivity index (χ0n) is 19.3. The van der Waals surface area contributed by atoms with E-state index in [4.69, 9.17) is 9.73 Å². The van der Waals surface area contributed by atoms with Gasteiger partial charge in [0.25, 0.3) is 0 Å². The molecule has 2 rings (SSSR count). The molecule has 2 heterocycles. The Morgan fingerprint density at radius 1 is 1.07 bits per heavy atom. The van der Waals surface area contributed by atoms with E-state index in [1.54, 1.807) is 0 Å². The molecule has 29 heavy (non-hydrogen) atoms. The molecular weight excluding hydrogens is 366 g/mol. The highest BCUT2D eigenvalue weighted by Crippen LogP contribution is 2.22. The van der Waals surface area contributed by atoms with E-state index in [1.165, 1.54) is 38.8 Å². The fourth-order valence-electron chi connectivity index (χ4n) is 4.58. The van der Waals surface area contributed by atoms with Crippen LogP contribution < -0.4 is 10.6 Å². The van der Waals surface area contributed by atoms with Crippen LogP contribution >= 0.6 is 0 Å². The van der Waals surface area contributed by atoms with Crippen molar-refractivity contribution in [2.45, 2.75) is 65.0 Å².